The van der Waals surface area contributed by atoms with E-state index in [-0.39, 0.29) is 12.4 Å². The number of benzene rings is 2. The quantitative estimate of drug-likeness (QED) is 0.902. The lowest BCUT2D eigenvalue weighted by molar-refractivity contribution is 0.282. The van der Waals surface area contributed by atoms with Gasteiger partial charge in [-0.1, -0.05) is 24.3 Å². The average Bonchev–Trinajstić information content (AvgIpc) is 2.41. The number of aliphatic hydroxyl groups is 1. The third-order valence-corrected chi connectivity index (χ3v) is 3.26. The van der Waals surface area contributed by atoms with E-state index in [2.05, 4.69) is 21.2 Å². The van der Waals surface area contributed by atoms with Gasteiger partial charge in [0.1, 0.15) is 5.82 Å². The molecule has 4 heteroatoms. The molecule has 18 heavy (non-hydrogen) atoms. The van der Waals surface area contributed by atoms with Gasteiger partial charge in [0.15, 0.2) is 0 Å². The van der Waals surface area contributed by atoms with Crippen LogP contribution in [0.4, 0.5) is 10.1 Å². The Morgan fingerprint density at radius 3 is 2.33 bits per heavy atom. The van der Waals surface area contributed by atoms with Crippen LogP contribution in [0.3, 0.4) is 0 Å². The van der Waals surface area contributed by atoms with E-state index in [9.17, 15) is 4.39 Å². The molecule has 0 radical (unpaired) electrons. The number of anilines is 1. The Labute approximate surface area is 114 Å². The van der Waals surface area contributed by atoms with Crippen molar-refractivity contribution in [2.45, 2.75) is 13.2 Å². The van der Waals surface area contributed by atoms with E-state index in [1.54, 1.807) is 6.07 Å². The minimum absolute atomic E-state index is 0.0473. The van der Waals surface area contributed by atoms with E-state index in [4.69, 9.17) is 5.11 Å². The summed E-state index contributed by atoms with van der Waals surface area (Å²) in [4.78, 5) is 0. The monoisotopic (exact) mass is 309 g/mol. The Morgan fingerprint density at radius 2 is 1.72 bits per heavy atom. The number of halogens is 2. The van der Waals surface area contributed by atoms with Crippen LogP contribution in [0.15, 0.2) is 46.9 Å². The molecule has 2 aromatic rings. The van der Waals surface area contributed by atoms with Crippen molar-refractivity contribution in [1.29, 1.82) is 0 Å². The fourth-order valence-corrected chi connectivity index (χ4v) is 1.82. The maximum atomic E-state index is 13.3. The first kappa shape index (κ1) is 13.1. The lowest BCUT2D eigenvalue weighted by Crippen LogP contribution is -2.00. The van der Waals surface area contributed by atoms with E-state index >= 15 is 0 Å². The maximum absolute atomic E-state index is 13.3. The van der Waals surface area contributed by atoms with E-state index in [1.165, 1.54) is 6.07 Å². The Balaban J connectivity index is 1.99. The van der Waals surface area contributed by atoms with E-state index in [0.29, 0.717) is 11.0 Å². The van der Waals surface area contributed by atoms with Crippen LogP contribution in [0, 0.1) is 5.82 Å². The van der Waals surface area contributed by atoms with E-state index < -0.39 is 0 Å². The number of hydrogen-bond acceptors (Lipinski definition) is 2. The molecule has 94 valence electrons. The van der Waals surface area contributed by atoms with Crippen LogP contribution < -0.4 is 5.32 Å². The van der Waals surface area contributed by atoms with Gasteiger partial charge in [0, 0.05) is 12.2 Å². The van der Waals surface area contributed by atoms with Gasteiger partial charge in [0.2, 0.25) is 0 Å². The molecule has 0 heterocycles. The van der Waals surface area contributed by atoms with Gasteiger partial charge >= 0.3 is 0 Å². The van der Waals surface area contributed by atoms with Crippen molar-refractivity contribution in [3.05, 3.63) is 63.9 Å². The summed E-state index contributed by atoms with van der Waals surface area (Å²) in [6, 6.07) is 12.6. The molecule has 0 aliphatic heterocycles. The average molecular weight is 310 g/mol. The Bertz CT molecular complexity index is 528. The highest BCUT2D eigenvalue weighted by Crippen LogP contribution is 2.19. The minimum atomic E-state index is -0.282. The zero-order valence-corrected chi connectivity index (χ0v) is 11.2. The van der Waals surface area contributed by atoms with Gasteiger partial charge < -0.3 is 10.4 Å². The summed E-state index contributed by atoms with van der Waals surface area (Å²) in [5.74, 6) is -0.282. The molecule has 0 amide bonds. The summed E-state index contributed by atoms with van der Waals surface area (Å²) in [5.41, 5.74) is 2.70. The summed E-state index contributed by atoms with van der Waals surface area (Å²) in [5, 5.41) is 12.1. The molecule has 2 aromatic carbocycles. The van der Waals surface area contributed by atoms with Crippen LogP contribution in [-0.4, -0.2) is 5.11 Å². The maximum Gasteiger partial charge on any atom is 0.139 e. The smallest absolute Gasteiger partial charge is 0.139 e. The fourth-order valence-electron chi connectivity index (χ4n) is 1.57. The number of rotatable bonds is 4. The molecule has 0 spiro atoms. The van der Waals surface area contributed by atoms with Crippen molar-refractivity contribution in [2.75, 3.05) is 5.32 Å². The Kier molecular flexibility index (Phi) is 4.33. The topological polar surface area (TPSA) is 32.3 Å². The van der Waals surface area contributed by atoms with Crippen molar-refractivity contribution < 1.29 is 9.50 Å². The van der Waals surface area contributed by atoms with Gasteiger partial charge in [0.05, 0.1) is 11.1 Å². The van der Waals surface area contributed by atoms with Crippen molar-refractivity contribution in [2.24, 2.45) is 0 Å². The molecule has 0 atom stereocenters. The van der Waals surface area contributed by atoms with Crippen LogP contribution in [0.1, 0.15) is 11.1 Å². The van der Waals surface area contributed by atoms with Crippen LogP contribution in [0.5, 0.6) is 0 Å². The third kappa shape index (κ3) is 3.31. The molecule has 2 rings (SSSR count). The lowest BCUT2D eigenvalue weighted by atomic mass is 10.1. The standard InChI is InChI=1S/C14H13BrFNO/c15-13-6-5-12(7-14(13)16)17-8-10-1-3-11(9-18)4-2-10/h1-7,17-18H,8-9H2. The van der Waals surface area contributed by atoms with Gasteiger partial charge in [-0.25, -0.2) is 4.39 Å². The number of nitrogens with one attached hydrogen (secondary N) is 1. The molecule has 0 aromatic heterocycles. The van der Waals surface area contributed by atoms with Gasteiger partial charge in [0.25, 0.3) is 0 Å². The largest absolute Gasteiger partial charge is 0.392 e. The molecule has 0 saturated heterocycles. The molecular weight excluding hydrogens is 297 g/mol. The minimum Gasteiger partial charge on any atom is -0.392 e. The highest BCUT2D eigenvalue weighted by molar-refractivity contribution is 9.10. The van der Waals surface area contributed by atoms with Crippen LogP contribution >= 0.6 is 15.9 Å². The SMILES string of the molecule is OCc1ccc(CNc2ccc(Br)c(F)c2)cc1. The highest BCUT2D eigenvalue weighted by atomic mass is 79.9. The molecule has 2 nitrogen and oxygen atoms in total. The zero-order valence-electron chi connectivity index (χ0n) is 9.66. The van der Waals surface area contributed by atoms with Gasteiger partial charge in [-0.3, -0.25) is 0 Å². The summed E-state index contributed by atoms with van der Waals surface area (Å²) < 4.78 is 13.7. The zero-order chi connectivity index (χ0) is 13.0. The summed E-state index contributed by atoms with van der Waals surface area (Å²) >= 11 is 3.11. The first-order chi connectivity index (χ1) is 8.69. The normalized spacial score (nSPS) is 10.4. The Hall–Kier alpha value is -1.39. The second-order valence-corrected chi connectivity index (χ2v) is 4.81. The predicted octanol–water partition coefficient (Wildman–Crippen LogP) is 3.69. The molecule has 0 bridgehead atoms. The molecule has 0 saturated carbocycles. The molecular formula is C14H13BrFNO. The molecule has 2 N–H and O–H groups in total. The van der Waals surface area contributed by atoms with Gasteiger partial charge in [-0.05, 0) is 45.3 Å². The van der Waals surface area contributed by atoms with Crippen LogP contribution in [0.25, 0.3) is 0 Å². The third-order valence-electron chi connectivity index (χ3n) is 2.62. The second kappa shape index (κ2) is 5.98. The van der Waals surface area contributed by atoms with Crippen molar-refractivity contribution in [3.63, 3.8) is 0 Å². The Morgan fingerprint density at radius 1 is 1.06 bits per heavy atom. The first-order valence-corrected chi connectivity index (χ1v) is 6.36. The molecule has 0 unspecified atom stereocenters. The van der Waals surface area contributed by atoms with Crippen LogP contribution in [-0.2, 0) is 13.2 Å². The second-order valence-electron chi connectivity index (χ2n) is 3.96. The number of hydrogen-bond donors (Lipinski definition) is 2. The van der Waals surface area contributed by atoms with Crippen LogP contribution in [0.2, 0.25) is 0 Å². The van der Waals surface area contributed by atoms with E-state index in [1.807, 2.05) is 30.3 Å². The highest BCUT2D eigenvalue weighted by Gasteiger charge is 2.00. The summed E-state index contributed by atoms with van der Waals surface area (Å²) in [6.07, 6.45) is 0. The van der Waals surface area contributed by atoms with Crippen molar-refractivity contribution in [1.82, 2.24) is 0 Å². The first-order valence-electron chi connectivity index (χ1n) is 5.56. The lowest BCUT2D eigenvalue weighted by Gasteiger charge is -2.07. The molecule has 0 fully saturated rings. The molecule has 0 aliphatic rings. The number of aliphatic hydroxyl groups excluding tert-OH is 1. The summed E-state index contributed by atoms with van der Waals surface area (Å²) in [7, 11) is 0. The predicted molar refractivity (Wildman–Crippen MR) is 73.8 cm³/mol. The summed E-state index contributed by atoms with van der Waals surface area (Å²) in [6.45, 7) is 0.665. The van der Waals surface area contributed by atoms with E-state index in [0.717, 1.165) is 16.8 Å². The van der Waals surface area contributed by atoms with Crippen molar-refractivity contribution in [3.8, 4) is 0 Å². The van der Waals surface area contributed by atoms with Gasteiger partial charge in [-0.15, -0.1) is 0 Å². The fraction of sp³-hybridized carbons (Fsp3) is 0.143. The molecule has 0 aliphatic carbocycles. The van der Waals surface area contributed by atoms with Crippen molar-refractivity contribution >= 4 is 21.6 Å². The van der Waals surface area contributed by atoms with Gasteiger partial charge in [-0.2, -0.15) is 0 Å².